The van der Waals surface area contributed by atoms with Crippen molar-refractivity contribution in [1.29, 1.82) is 0 Å². The van der Waals surface area contributed by atoms with Crippen molar-refractivity contribution in [3.63, 3.8) is 0 Å². The minimum absolute atomic E-state index is 0.394. The first kappa shape index (κ1) is 22.9. The van der Waals surface area contributed by atoms with E-state index in [2.05, 4.69) is 34.1 Å². The van der Waals surface area contributed by atoms with Gasteiger partial charge in [0.15, 0.2) is 17.2 Å². The first-order chi connectivity index (χ1) is 19.7. The number of ether oxygens (including phenoxy) is 2. The van der Waals surface area contributed by atoms with E-state index in [0.29, 0.717) is 58.4 Å². The van der Waals surface area contributed by atoms with Gasteiger partial charge < -0.3 is 18.8 Å². The summed E-state index contributed by atoms with van der Waals surface area (Å²) in [7, 11) is 0. The molecular formula is C31H23N5O4. The van der Waals surface area contributed by atoms with Gasteiger partial charge in [-0.15, -0.1) is 5.10 Å². The van der Waals surface area contributed by atoms with E-state index in [9.17, 15) is 4.79 Å². The molecule has 6 aromatic rings. The van der Waals surface area contributed by atoms with Crippen LogP contribution in [0.1, 0.15) is 22.6 Å². The van der Waals surface area contributed by atoms with Gasteiger partial charge in [0.25, 0.3) is 0 Å². The van der Waals surface area contributed by atoms with E-state index < -0.39 is 11.5 Å². The Hall–Kier alpha value is -5.02. The first-order valence-electron chi connectivity index (χ1n) is 13.2. The molecule has 2 aliphatic rings. The lowest BCUT2D eigenvalue weighted by atomic mass is 9.84. The smallest absolute Gasteiger partial charge is 0.344 e. The lowest BCUT2D eigenvalue weighted by Gasteiger charge is -2.30. The van der Waals surface area contributed by atoms with Crippen LogP contribution in [0.5, 0.6) is 11.6 Å². The standard InChI is InChI=1S/C31H23N5O4/c37-31-25-24(19-10-12-21(13-11-19)35-14-16-38-17-15-35)26-29-33-28(20-6-2-1-3-7-20)34-36(29)18-32-30(26)40-27(25)22-8-4-5-9-23(22)39-31/h1-13,18,24H,14-17H2. The molecule has 0 N–H and O–H groups in total. The lowest BCUT2D eigenvalue weighted by Crippen LogP contribution is -2.36. The van der Waals surface area contributed by atoms with Crippen LogP contribution in [0, 0.1) is 0 Å². The van der Waals surface area contributed by atoms with Gasteiger partial charge in [0.2, 0.25) is 5.88 Å². The average Bonchev–Trinajstić information content (AvgIpc) is 3.46. The summed E-state index contributed by atoms with van der Waals surface area (Å²) in [5.74, 6) is 0.891. The van der Waals surface area contributed by atoms with Gasteiger partial charge in [0.1, 0.15) is 11.9 Å². The Morgan fingerprint density at radius 3 is 2.45 bits per heavy atom. The molecule has 5 heterocycles. The minimum Gasteiger partial charge on any atom is -0.437 e. The van der Waals surface area contributed by atoms with Gasteiger partial charge in [0.05, 0.1) is 35.6 Å². The third-order valence-corrected chi connectivity index (χ3v) is 7.60. The van der Waals surface area contributed by atoms with Crippen LogP contribution in [0.4, 0.5) is 5.69 Å². The van der Waals surface area contributed by atoms with Gasteiger partial charge in [-0.2, -0.15) is 0 Å². The molecule has 2 aliphatic heterocycles. The summed E-state index contributed by atoms with van der Waals surface area (Å²) < 4.78 is 19.4. The van der Waals surface area contributed by atoms with Crippen LogP contribution >= 0.6 is 0 Å². The maximum atomic E-state index is 13.6. The number of benzene rings is 3. The number of fused-ring (bicyclic) bond motifs is 6. The van der Waals surface area contributed by atoms with Crippen LogP contribution in [0.15, 0.2) is 94.4 Å². The highest BCUT2D eigenvalue weighted by Gasteiger charge is 2.37. The molecule has 0 amide bonds. The second kappa shape index (κ2) is 9.03. The van der Waals surface area contributed by atoms with Crippen molar-refractivity contribution in [2.24, 2.45) is 0 Å². The van der Waals surface area contributed by atoms with Crippen LogP contribution in [0.25, 0.3) is 28.0 Å². The molecule has 0 bridgehead atoms. The van der Waals surface area contributed by atoms with Crippen molar-refractivity contribution in [2.45, 2.75) is 5.92 Å². The number of hydrogen-bond donors (Lipinski definition) is 0. The van der Waals surface area contributed by atoms with E-state index in [1.165, 1.54) is 0 Å². The summed E-state index contributed by atoms with van der Waals surface area (Å²) >= 11 is 0. The fourth-order valence-electron chi connectivity index (χ4n) is 5.67. The predicted molar refractivity (Wildman–Crippen MR) is 149 cm³/mol. The van der Waals surface area contributed by atoms with Crippen molar-refractivity contribution in [3.8, 4) is 23.0 Å². The molecule has 8 rings (SSSR count). The second-order valence-corrected chi connectivity index (χ2v) is 9.89. The Balaban J connectivity index is 1.36. The third kappa shape index (κ3) is 3.59. The summed E-state index contributed by atoms with van der Waals surface area (Å²) in [5.41, 5.74) is 4.58. The summed E-state index contributed by atoms with van der Waals surface area (Å²) in [5, 5.41) is 5.40. The van der Waals surface area contributed by atoms with Crippen LogP contribution in [-0.2, 0) is 4.74 Å². The number of para-hydroxylation sites is 1. The van der Waals surface area contributed by atoms with E-state index in [-0.39, 0.29) is 0 Å². The minimum atomic E-state index is -0.526. The molecule has 0 saturated carbocycles. The van der Waals surface area contributed by atoms with E-state index in [0.717, 1.165) is 29.9 Å². The lowest BCUT2D eigenvalue weighted by molar-refractivity contribution is 0.122. The second-order valence-electron chi connectivity index (χ2n) is 9.89. The zero-order valence-electron chi connectivity index (χ0n) is 21.4. The zero-order chi connectivity index (χ0) is 26.6. The van der Waals surface area contributed by atoms with Gasteiger partial charge in [0, 0.05) is 24.3 Å². The Labute approximate surface area is 228 Å². The number of morpholine rings is 1. The molecule has 3 aromatic carbocycles. The fourth-order valence-corrected chi connectivity index (χ4v) is 5.67. The molecule has 9 heteroatoms. The molecule has 1 unspecified atom stereocenters. The van der Waals surface area contributed by atoms with E-state index >= 15 is 0 Å². The highest BCUT2D eigenvalue weighted by atomic mass is 16.5. The van der Waals surface area contributed by atoms with Gasteiger partial charge in [-0.3, -0.25) is 0 Å². The number of anilines is 1. The molecule has 1 atom stereocenters. The zero-order valence-corrected chi connectivity index (χ0v) is 21.4. The van der Waals surface area contributed by atoms with Crippen LogP contribution in [0.2, 0.25) is 0 Å². The van der Waals surface area contributed by atoms with Gasteiger partial charge in [-0.1, -0.05) is 54.6 Å². The van der Waals surface area contributed by atoms with Crippen molar-refractivity contribution < 1.29 is 13.9 Å². The summed E-state index contributed by atoms with van der Waals surface area (Å²) in [6.45, 7) is 3.09. The van der Waals surface area contributed by atoms with Crippen molar-refractivity contribution in [3.05, 3.63) is 112 Å². The normalized spacial score (nSPS) is 16.5. The maximum absolute atomic E-state index is 13.6. The van der Waals surface area contributed by atoms with E-state index in [1.807, 2.05) is 48.5 Å². The maximum Gasteiger partial charge on any atom is 0.344 e. The Morgan fingerprint density at radius 1 is 0.850 bits per heavy atom. The summed E-state index contributed by atoms with van der Waals surface area (Å²) in [4.78, 5) is 25.5. The predicted octanol–water partition coefficient (Wildman–Crippen LogP) is 5.02. The monoisotopic (exact) mass is 529 g/mol. The Morgan fingerprint density at radius 2 is 1.62 bits per heavy atom. The molecule has 40 heavy (non-hydrogen) atoms. The topological polar surface area (TPSA) is 95.0 Å². The van der Waals surface area contributed by atoms with Crippen molar-refractivity contribution >= 4 is 22.3 Å². The number of aromatic nitrogens is 4. The van der Waals surface area contributed by atoms with Crippen LogP contribution in [-0.4, -0.2) is 45.9 Å². The Bertz CT molecular complexity index is 1940. The van der Waals surface area contributed by atoms with Crippen LogP contribution < -0.4 is 15.3 Å². The average molecular weight is 530 g/mol. The number of rotatable bonds is 3. The molecule has 196 valence electrons. The number of hydrogen-bond acceptors (Lipinski definition) is 8. The third-order valence-electron chi connectivity index (χ3n) is 7.60. The van der Waals surface area contributed by atoms with E-state index in [4.69, 9.17) is 24.0 Å². The molecule has 0 spiro atoms. The molecule has 0 aliphatic carbocycles. The SMILES string of the molecule is O=c1oc2ccccc2c2c1C(c1ccc(N3CCOCC3)cc1)c1c(ncn3nc(-c4ccccc4)nc13)O2. The largest absolute Gasteiger partial charge is 0.437 e. The highest BCUT2D eigenvalue weighted by Crippen LogP contribution is 2.49. The van der Waals surface area contributed by atoms with Crippen molar-refractivity contribution in [2.75, 3.05) is 31.2 Å². The van der Waals surface area contributed by atoms with Gasteiger partial charge in [-0.05, 0) is 29.8 Å². The van der Waals surface area contributed by atoms with Crippen LogP contribution in [0.3, 0.4) is 0 Å². The molecule has 3 aromatic heterocycles. The van der Waals surface area contributed by atoms with Gasteiger partial charge >= 0.3 is 5.63 Å². The quantitative estimate of drug-likeness (QED) is 0.295. The molecule has 0 radical (unpaired) electrons. The molecule has 1 saturated heterocycles. The highest BCUT2D eigenvalue weighted by molar-refractivity contribution is 5.87. The van der Waals surface area contributed by atoms with Gasteiger partial charge in [-0.25, -0.2) is 19.3 Å². The van der Waals surface area contributed by atoms with E-state index in [1.54, 1.807) is 16.9 Å². The fraction of sp³-hybridized carbons (Fsp3) is 0.161. The molecular weight excluding hydrogens is 506 g/mol. The summed E-state index contributed by atoms with van der Waals surface area (Å²) in [6.07, 6.45) is 1.60. The number of nitrogens with zero attached hydrogens (tertiary/aromatic N) is 5. The van der Waals surface area contributed by atoms with Crippen molar-refractivity contribution in [1.82, 2.24) is 19.6 Å². The summed E-state index contributed by atoms with van der Waals surface area (Å²) in [6, 6.07) is 25.4. The first-order valence-corrected chi connectivity index (χ1v) is 13.2. The molecule has 9 nitrogen and oxygen atoms in total. The Kier molecular flexibility index (Phi) is 5.17. The molecule has 1 fully saturated rings.